The molecule has 1 saturated heterocycles. The number of ether oxygens (including phenoxy) is 3. The summed E-state index contributed by atoms with van der Waals surface area (Å²) < 4.78 is 51.2. The minimum absolute atomic E-state index is 0.0584. The second-order valence-electron chi connectivity index (χ2n) is 5.78. The number of alkyl halides is 3. The van der Waals surface area contributed by atoms with Crippen molar-refractivity contribution < 1.29 is 32.2 Å². The van der Waals surface area contributed by atoms with E-state index in [1.165, 1.54) is 0 Å². The first-order valence-electron chi connectivity index (χ1n) is 7.77. The second-order valence-corrected chi connectivity index (χ2v) is 5.78. The first-order valence-corrected chi connectivity index (χ1v) is 7.77. The Balaban J connectivity index is 1.58. The van der Waals surface area contributed by atoms with E-state index in [0.717, 1.165) is 18.4 Å². The van der Waals surface area contributed by atoms with E-state index >= 15 is 0 Å². The predicted molar refractivity (Wildman–Crippen MR) is 77.7 cm³/mol. The van der Waals surface area contributed by atoms with E-state index in [1.54, 1.807) is 4.90 Å². The highest BCUT2D eigenvalue weighted by Crippen LogP contribution is 2.39. The third-order valence-corrected chi connectivity index (χ3v) is 4.08. The van der Waals surface area contributed by atoms with Crippen LogP contribution in [-0.2, 0) is 9.53 Å². The van der Waals surface area contributed by atoms with Crippen LogP contribution in [0.2, 0.25) is 0 Å². The SMILES string of the molecule is O=C(CCOCC(F)(F)F)N1CCCC1c1ccc2c(c1)OCO2. The summed E-state index contributed by atoms with van der Waals surface area (Å²) in [6.07, 6.45) is -2.76. The van der Waals surface area contributed by atoms with Gasteiger partial charge in [-0.05, 0) is 30.5 Å². The molecule has 0 radical (unpaired) electrons. The molecule has 2 aliphatic heterocycles. The molecule has 0 aromatic heterocycles. The van der Waals surface area contributed by atoms with Crippen LogP contribution < -0.4 is 9.47 Å². The average Bonchev–Trinajstić information content (AvgIpc) is 3.18. The molecule has 132 valence electrons. The van der Waals surface area contributed by atoms with Crippen molar-refractivity contribution in [1.29, 1.82) is 0 Å². The second kappa shape index (κ2) is 6.88. The summed E-state index contributed by atoms with van der Waals surface area (Å²) in [5, 5.41) is 0. The molecule has 2 aliphatic rings. The maximum absolute atomic E-state index is 12.3. The fourth-order valence-electron chi connectivity index (χ4n) is 3.02. The van der Waals surface area contributed by atoms with E-state index in [-0.39, 0.29) is 31.8 Å². The Kier molecular flexibility index (Phi) is 4.84. The van der Waals surface area contributed by atoms with Crippen molar-refractivity contribution in [2.75, 3.05) is 26.6 Å². The van der Waals surface area contributed by atoms with Gasteiger partial charge < -0.3 is 19.1 Å². The lowest BCUT2D eigenvalue weighted by molar-refractivity contribution is -0.175. The summed E-state index contributed by atoms with van der Waals surface area (Å²) in [7, 11) is 0. The minimum atomic E-state index is -4.37. The largest absolute Gasteiger partial charge is 0.454 e. The van der Waals surface area contributed by atoms with Gasteiger partial charge in [-0.25, -0.2) is 0 Å². The smallest absolute Gasteiger partial charge is 0.411 e. The molecule has 3 rings (SSSR count). The molecule has 1 aromatic rings. The maximum Gasteiger partial charge on any atom is 0.411 e. The number of likely N-dealkylation sites (tertiary alicyclic amines) is 1. The molecule has 1 aromatic carbocycles. The van der Waals surface area contributed by atoms with Crippen LogP contribution in [0.15, 0.2) is 18.2 Å². The number of hydrogen-bond acceptors (Lipinski definition) is 4. The average molecular weight is 345 g/mol. The van der Waals surface area contributed by atoms with E-state index in [1.807, 2.05) is 18.2 Å². The summed E-state index contributed by atoms with van der Waals surface area (Å²) in [5.74, 6) is 1.13. The highest BCUT2D eigenvalue weighted by atomic mass is 19.4. The number of nitrogens with zero attached hydrogens (tertiary/aromatic N) is 1. The molecule has 0 spiro atoms. The Labute approximate surface area is 137 Å². The summed E-state index contributed by atoms with van der Waals surface area (Å²) in [6, 6.07) is 5.47. The lowest BCUT2D eigenvalue weighted by Gasteiger charge is -2.25. The van der Waals surface area contributed by atoms with Gasteiger partial charge in [-0.15, -0.1) is 0 Å². The van der Waals surface area contributed by atoms with Gasteiger partial charge in [0.05, 0.1) is 19.1 Å². The van der Waals surface area contributed by atoms with Crippen molar-refractivity contribution in [3.05, 3.63) is 23.8 Å². The number of carbonyl (C=O) groups excluding carboxylic acids is 1. The van der Waals surface area contributed by atoms with E-state index in [0.29, 0.717) is 18.0 Å². The third-order valence-electron chi connectivity index (χ3n) is 4.08. The fourth-order valence-corrected chi connectivity index (χ4v) is 3.02. The maximum atomic E-state index is 12.3. The molecule has 1 unspecified atom stereocenters. The van der Waals surface area contributed by atoms with Crippen LogP contribution >= 0.6 is 0 Å². The summed E-state index contributed by atoms with van der Waals surface area (Å²) in [5.41, 5.74) is 0.946. The molecule has 0 aliphatic carbocycles. The molecule has 2 heterocycles. The van der Waals surface area contributed by atoms with Crippen molar-refractivity contribution in [2.45, 2.75) is 31.5 Å². The topological polar surface area (TPSA) is 48.0 Å². The van der Waals surface area contributed by atoms with Gasteiger partial charge in [0.1, 0.15) is 6.61 Å². The first-order chi connectivity index (χ1) is 11.4. The molecule has 0 bridgehead atoms. The van der Waals surface area contributed by atoms with Gasteiger partial charge in [0.2, 0.25) is 12.7 Å². The standard InChI is InChI=1S/C16H18F3NO4/c17-16(18,19)9-22-7-5-15(21)20-6-1-2-12(20)11-3-4-13-14(8-11)24-10-23-13/h3-4,8,12H,1-2,5-7,9-10H2. The van der Waals surface area contributed by atoms with Gasteiger partial charge in [0, 0.05) is 6.54 Å². The van der Waals surface area contributed by atoms with Crippen LogP contribution in [0, 0.1) is 0 Å². The van der Waals surface area contributed by atoms with Gasteiger partial charge in [-0.1, -0.05) is 6.07 Å². The summed E-state index contributed by atoms with van der Waals surface area (Å²) >= 11 is 0. The summed E-state index contributed by atoms with van der Waals surface area (Å²) in [6.45, 7) is -0.783. The number of hydrogen-bond donors (Lipinski definition) is 0. The van der Waals surface area contributed by atoms with Crippen molar-refractivity contribution in [2.24, 2.45) is 0 Å². The van der Waals surface area contributed by atoms with Crippen molar-refractivity contribution >= 4 is 5.91 Å². The first kappa shape index (κ1) is 16.9. The zero-order chi connectivity index (χ0) is 17.2. The molecule has 1 fully saturated rings. The summed E-state index contributed by atoms with van der Waals surface area (Å²) in [4.78, 5) is 14.0. The van der Waals surface area contributed by atoms with Gasteiger partial charge in [0.25, 0.3) is 0 Å². The van der Waals surface area contributed by atoms with Crippen molar-refractivity contribution in [3.63, 3.8) is 0 Å². The Bertz CT molecular complexity index is 605. The number of rotatable bonds is 5. The third kappa shape index (κ3) is 3.92. The van der Waals surface area contributed by atoms with Gasteiger partial charge in [-0.2, -0.15) is 13.2 Å². The Morgan fingerprint density at radius 3 is 2.88 bits per heavy atom. The van der Waals surface area contributed by atoms with Gasteiger partial charge in [0.15, 0.2) is 11.5 Å². The molecule has 1 atom stereocenters. The van der Waals surface area contributed by atoms with E-state index in [9.17, 15) is 18.0 Å². The number of halogens is 3. The predicted octanol–water partition coefficient (Wildman–Crippen LogP) is 3.05. The molecular weight excluding hydrogens is 327 g/mol. The van der Waals surface area contributed by atoms with Crippen molar-refractivity contribution in [1.82, 2.24) is 4.90 Å². The molecule has 1 amide bonds. The molecular formula is C16H18F3NO4. The lowest BCUT2D eigenvalue weighted by atomic mass is 10.0. The Morgan fingerprint density at radius 1 is 1.29 bits per heavy atom. The molecule has 5 nitrogen and oxygen atoms in total. The monoisotopic (exact) mass is 345 g/mol. The minimum Gasteiger partial charge on any atom is -0.454 e. The quantitative estimate of drug-likeness (QED) is 0.770. The van der Waals surface area contributed by atoms with Gasteiger partial charge in [-0.3, -0.25) is 4.79 Å². The molecule has 0 N–H and O–H groups in total. The zero-order valence-electron chi connectivity index (χ0n) is 13.0. The highest BCUT2D eigenvalue weighted by Gasteiger charge is 2.31. The molecule has 0 saturated carbocycles. The van der Waals surface area contributed by atoms with Crippen molar-refractivity contribution in [3.8, 4) is 11.5 Å². The van der Waals surface area contributed by atoms with Gasteiger partial charge >= 0.3 is 6.18 Å². The molecule has 8 heteroatoms. The number of benzene rings is 1. The Morgan fingerprint density at radius 2 is 2.08 bits per heavy atom. The van der Waals surface area contributed by atoms with E-state index in [4.69, 9.17) is 9.47 Å². The van der Waals surface area contributed by atoms with E-state index in [2.05, 4.69) is 4.74 Å². The van der Waals surface area contributed by atoms with E-state index < -0.39 is 12.8 Å². The number of amides is 1. The van der Waals surface area contributed by atoms with Crippen LogP contribution in [-0.4, -0.2) is 43.5 Å². The van der Waals surface area contributed by atoms with Crippen LogP contribution in [0.3, 0.4) is 0 Å². The fraction of sp³-hybridized carbons (Fsp3) is 0.562. The van der Waals surface area contributed by atoms with Crippen LogP contribution in [0.5, 0.6) is 11.5 Å². The zero-order valence-corrected chi connectivity index (χ0v) is 13.0. The number of fused-ring (bicyclic) bond motifs is 1. The van der Waals surface area contributed by atoms with Crippen LogP contribution in [0.1, 0.15) is 30.9 Å². The Hall–Kier alpha value is -1.96. The normalized spacial score (nSPS) is 19.8. The highest BCUT2D eigenvalue weighted by molar-refractivity contribution is 5.77. The molecule has 24 heavy (non-hydrogen) atoms. The van der Waals surface area contributed by atoms with Crippen LogP contribution in [0.4, 0.5) is 13.2 Å². The number of carbonyl (C=O) groups is 1. The lowest BCUT2D eigenvalue weighted by Crippen LogP contribution is -2.31. The van der Waals surface area contributed by atoms with Crippen LogP contribution in [0.25, 0.3) is 0 Å².